The van der Waals surface area contributed by atoms with Crippen LogP contribution in [0.4, 0.5) is 5.82 Å². The summed E-state index contributed by atoms with van der Waals surface area (Å²) in [4.78, 5) is 22.8. The highest BCUT2D eigenvalue weighted by Crippen LogP contribution is 2.36. The van der Waals surface area contributed by atoms with E-state index in [4.69, 9.17) is 9.72 Å². The summed E-state index contributed by atoms with van der Waals surface area (Å²) in [6, 6.07) is 10.2. The zero-order chi connectivity index (χ0) is 18.4. The Morgan fingerprint density at radius 2 is 2.11 bits per heavy atom. The molecule has 0 radical (unpaired) electrons. The predicted molar refractivity (Wildman–Crippen MR) is 103 cm³/mol. The number of aromatic amines is 2. The van der Waals surface area contributed by atoms with Gasteiger partial charge in [-0.15, -0.1) is 0 Å². The molecule has 1 aliphatic heterocycles. The van der Waals surface area contributed by atoms with Gasteiger partial charge >= 0.3 is 0 Å². The number of aromatic nitrogens is 5. The first-order valence-electron chi connectivity index (χ1n) is 8.95. The highest BCUT2D eigenvalue weighted by molar-refractivity contribution is 5.86. The molecule has 1 unspecified atom stereocenters. The van der Waals surface area contributed by atoms with Crippen molar-refractivity contribution in [1.82, 2.24) is 24.9 Å². The molecule has 27 heavy (non-hydrogen) atoms. The third-order valence-electron chi connectivity index (χ3n) is 5.13. The molecular weight excluding hydrogens is 340 g/mol. The number of ether oxygens (including phenoxy) is 1. The highest BCUT2D eigenvalue weighted by Gasteiger charge is 2.31. The number of nitrogens with zero attached hydrogens (tertiary/aromatic N) is 4. The van der Waals surface area contributed by atoms with Crippen molar-refractivity contribution >= 4 is 16.9 Å². The Hall–Kier alpha value is -3.35. The molecule has 1 aliphatic rings. The molecule has 0 saturated carbocycles. The van der Waals surface area contributed by atoms with Crippen LogP contribution in [0.3, 0.4) is 0 Å². The Morgan fingerprint density at radius 1 is 1.19 bits per heavy atom. The highest BCUT2D eigenvalue weighted by atomic mass is 16.5. The van der Waals surface area contributed by atoms with Crippen LogP contribution in [-0.4, -0.2) is 38.6 Å². The maximum Gasteiger partial charge on any atom is 0.157 e. The van der Waals surface area contributed by atoms with Crippen LogP contribution in [0.1, 0.15) is 28.7 Å². The summed E-state index contributed by atoms with van der Waals surface area (Å²) >= 11 is 0. The first-order chi connectivity index (χ1) is 13.2. The molecule has 0 aliphatic carbocycles. The maximum absolute atomic E-state index is 5.42. The summed E-state index contributed by atoms with van der Waals surface area (Å²) in [6.07, 6.45) is 3.68. The molecule has 4 heterocycles. The lowest BCUT2D eigenvalue weighted by Crippen LogP contribution is -2.35. The van der Waals surface area contributed by atoms with Gasteiger partial charge in [0.25, 0.3) is 0 Å². The van der Waals surface area contributed by atoms with Gasteiger partial charge in [0.2, 0.25) is 0 Å². The fourth-order valence-electron chi connectivity index (χ4n) is 3.87. The van der Waals surface area contributed by atoms with Gasteiger partial charge in [0.1, 0.15) is 17.1 Å². The number of aryl methyl sites for hydroxylation is 1. The van der Waals surface area contributed by atoms with E-state index in [2.05, 4.69) is 37.0 Å². The molecule has 7 heteroatoms. The molecule has 136 valence electrons. The van der Waals surface area contributed by atoms with Gasteiger partial charge in [-0.1, -0.05) is 12.1 Å². The van der Waals surface area contributed by atoms with Crippen molar-refractivity contribution in [3.8, 4) is 5.75 Å². The number of fused-ring (bicyclic) bond motifs is 2. The molecule has 3 aromatic heterocycles. The third-order valence-corrected chi connectivity index (χ3v) is 5.13. The number of methoxy groups -OCH3 is 1. The van der Waals surface area contributed by atoms with Crippen LogP contribution in [0.2, 0.25) is 0 Å². The fraction of sp³-hybridized carbons (Fsp3) is 0.250. The summed E-state index contributed by atoms with van der Waals surface area (Å²) in [5.74, 6) is 2.68. The van der Waals surface area contributed by atoms with Crippen molar-refractivity contribution in [2.24, 2.45) is 0 Å². The molecule has 0 fully saturated rings. The fourth-order valence-corrected chi connectivity index (χ4v) is 3.87. The Morgan fingerprint density at radius 3 is 3.00 bits per heavy atom. The first-order valence-corrected chi connectivity index (χ1v) is 8.95. The van der Waals surface area contributed by atoms with E-state index >= 15 is 0 Å². The van der Waals surface area contributed by atoms with Gasteiger partial charge in [0.05, 0.1) is 36.9 Å². The number of hydrogen-bond acceptors (Lipinski definition) is 5. The molecule has 1 aromatic carbocycles. The number of anilines is 1. The monoisotopic (exact) mass is 360 g/mol. The minimum Gasteiger partial charge on any atom is -0.497 e. The summed E-state index contributed by atoms with van der Waals surface area (Å²) in [7, 11) is 1.69. The summed E-state index contributed by atoms with van der Waals surface area (Å²) in [6.45, 7) is 3.46. The van der Waals surface area contributed by atoms with Crippen molar-refractivity contribution in [3.63, 3.8) is 0 Å². The predicted octanol–water partition coefficient (Wildman–Crippen LogP) is 3.15. The van der Waals surface area contributed by atoms with Crippen LogP contribution < -0.4 is 9.64 Å². The van der Waals surface area contributed by atoms with E-state index in [1.807, 2.05) is 31.3 Å². The van der Waals surface area contributed by atoms with Crippen LogP contribution in [0.15, 0.2) is 42.9 Å². The van der Waals surface area contributed by atoms with E-state index in [1.54, 1.807) is 13.4 Å². The number of imidazole rings is 1. The van der Waals surface area contributed by atoms with Crippen LogP contribution in [0.25, 0.3) is 11.0 Å². The van der Waals surface area contributed by atoms with Gasteiger partial charge in [0, 0.05) is 18.7 Å². The SMILES string of the molecule is COc1cccc(C2CN(c3nc(C)nc4cc[nH]c34)Cc3[nH]cnc32)c1. The summed E-state index contributed by atoms with van der Waals surface area (Å²) < 4.78 is 5.42. The molecule has 7 nitrogen and oxygen atoms in total. The molecule has 0 amide bonds. The van der Waals surface area contributed by atoms with E-state index in [0.717, 1.165) is 52.9 Å². The van der Waals surface area contributed by atoms with Crippen molar-refractivity contribution in [2.45, 2.75) is 19.4 Å². The minimum atomic E-state index is 0.135. The van der Waals surface area contributed by atoms with Crippen LogP contribution >= 0.6 is 0 Å². The van der Waals surface area contributed by atoms with Crippen molar-refractivity contribution < 1.29 is 4.74 Å². The number of H-pyrrole nitrogens is 2. The van der Waals surface area contributed by atoms with E-state index in [1.165, 1.54) is 5.56 Å². The van der Waals surface area contributed by atoms with E-state index in [9.17, 15) is 0 Å². The van der Waals surface area contributed by atoms with Gasteiger partial charge in [-0.05, 0) is 30.7 Å². The van der Waals surface area contributed by atoms with Gasteiger partial charge in [-0.3, -0.25) is 0 Å². The lowest BCUT2D eigenvalue weighted by molar-refractivity contribution is 0.414. The lowest BCUT2D eigenvalue weighted by atomic mass is 9.90. The summed E-state index contributed by atoms with van der Waals surface area (Å²) in [5.41, 5.74) is 5.29. The van der Waals surface area contributed by atoms with Crippen LogP contribution in [0, 0.1) is 6.92 Å². The number of rotatable bonds is 3. The zero-order valence-electron chi connectivity index (χ0n) is 15.2. The average molecular weight is 360 g/mol. The third kappa shape index (κ3) is 2.63. The second-order valence-electron chi connectivity index (χ2n) is 6.81. The number of nitrogens with one attached hydrogen (secondary N) is 2. The smallest absolute Gasteiger partial charge is 0.157 e. The average Bonchev–Trinajstić information content (AvgIpc) is 3.35. The normalized spacial score (nSPS) is 16.5. The van der Waals surface area contributed by atoms with Gasteiger partial charge in [-0.2, -0.15) is 0 Å². The zero-order valence-corrected chi connectivity index (χ0v) is 15.2. The molecule has 1 atom stereocenters. The standard InChI is InChI=1S/C20H20N6O/c1-12-24-16-6-7-21-19(16)20(25-12)26-9-15(18-17(10-26)22-11-23-18)13-4-3-5-14(8-13)27-2/h3-8,11,15,21H,9-10H2,1-2H3,(H,22,23). The van der Waals surface area contributed by atoms with Crippen molar-refractivity contribution in [3.05, 3.63) is 65.6 Å². The van der Waals surface area contributed by atoms with E-state index < -0.39 is 0 Å². The molecule has 4 aromatic rings. The quantitative estimate of drug-likeness (QED) is 0.586. The number of benzene rings is 1. The Bertz CT molecular complexity index is 1110. The molecule has 0 saturated heterocycles. The molecular formula is C20H20N6O. The van der Waals surface area contributed by atoms with Gasteiger partial charge in [0.15, 0.2) is 5.82 Å². The maximum atomic E-state index is 5.42. The summed E-state index contributed by atoms with van der Waals surface area (Å²) in [5, 5.41) is 0. The first kappa shape index (κ1) is 15.9. The van der Waals surface area contributed by atoms with Crippen molar-refractivity contribution in [1.29, 1.82) is 0 Å². The second kappa shape index (κ2) is 6.12. The topological polar surface area (TPSA) is 82.7 Å². The van der Waals surface area contributed by atoms with Gasteiger partial charge < -0.3 is 19.6 Å². The molecule has 2 N–H and O–H groups in total. The lowest BCUT2D eigenvalue weighted by Gasteiger charge is -2.33. The van der Waals surface area contributed by atoms with Crippen LogP contribution in [-0.2, 0) is 6.54 Å². The van der Waals surface area contributed by atoms with E-state index in [0.29, 0.717) is 0 Å². The largest absolute Gasteiger partial charge is 0.497 e. The molecule has 0 bridgehead atoms. The Balaban J connectivity index is 1.61. The second-order valence-corrected chi connectivity index (χ2v) is 6.81. The Kier molecular flexibility index (Phi) is 3.60. The van der Waals surface area contributed by atoms with Gasteiger partial charge in [-0.25, -0.2) is 15.0 Å². The Labute approximate surface area is 156 Å². The van der Waals surface area contributed by atoms with Crippen LogP contribution in [0.5, 0.6) is 5.75 Å². The number of hydrogen-bond donors (Lipinski definition) is 2. The van der Waals surface area contributed by atoms with Crippen molar-refractivity contribution in [2.75, 3.05) is 18.6 Å². The molecule has 5 rings (SSSR count). The van der Waals surface area contributed by atoms with E-state index in [-0.39, 0.29) is 5.92 Å². The minimum absolute atomic E-state index is 0.135. The molecule has 0 spiro atoms.